The molecule has 26 heavy (non-hydrogen) atoms. The van der Waals surface area contributed by atoms with Gasteiger partial charge in [0.2, 0.25) is 5.91 Å². The van der Waals surface area contributed by atoms with Gasteiger partial charge in [0.25, 0.3) is 0 Å². The zero-order chi connectivity index (χ0) is 18.5. The number of anilines is 1. The summed E-state index contributed by atoms with van der Waals surface area (Å²) in [6, 6.07) is 15.7. The number of ether oxygens (including phenoxy) is 1. The van der Waals surface area contributed by atoms with Crippen molar-refractivity contribution in [2.24, 2.45) is 0 Å². The molecule has 0 fully saturated rings. The summed E-state index contributed by atoms with van der Waals surface area (Å²) in [7, 11) is 0. The number of aryl methyl sites for hydroxylation is 1. The van der Waals surface area contributed by atoms with Crippen molar-refractivity contribution in [1.82, 2.24) is 4.98 Å². The number of nitrogens with one attached hydrogen (secondary N) is 1. The lowest BCUT2D eigenvalue weighted by molar-refractivity contribution is -0.115. The van der Waals surface area contributed by atoms with Crippen molar-refractivity contribution in [2.75, 3.05) is 5.32 Å². The number of carbonyl (C=O) groups excluding carboxylic acids is 1. The Balaban J connectivity index is 1.68. The molecular weight excluding hydrogens is 344 g/mol. The SMILES string of the molecule is Cc1cccc(-c2nc(CC(=O)Nc3ccccc3OC(C)C)cs2)c1. The van der Waals surface area contributed by atoms with Crippen LogP contribution in [0.2, 0.25) is 0 Å². The van der Waals surface area contributed by atoms with Crippen molar-refractivity contribution in [3.63, 3.8) is 0 Å². The Bertz CT molecular complexity index is 902. The number of hydrogen-bond donors (Lipinski definition) is 1. The summed E-state index contributed by atoms with van der Waals surface area (Å²) < 4.78 is 5.74. The first-order chi connectivity index (χ1) is 12.5. The molecule has 0 bridgehead atoms. The maximum absolute atomic E-state index is 12.4. The Labute approximate surface area is 157 Å². The first-order valence-electron chi connectivity index (χ1n) is 8.58. The third-order valence-electron chi connectivity index (χ3n) is 3.68. The van der Waals surface area contributed by atoms with E-state index in [1.807, 2.05) is 55.6 Å². The molecule has 0 spiro atoms. The molecule has 2 aromatic carbocycles. The Morgan fingerprint density at radius 3 is 2.77 bits per heavy atom. The van der Waals surface area contributed by atoms with Gasteiger partial charge >= 0.3 is 0 Å². The number of rotatable bonds is 6. The Kier molecular flexibility index (Phi) is 5.68. The van der Waals surface area contributed by atoms with Gasteiger partial charge in [0, 0.05) is 10.9 Å². The monoisotopic (exact) mass is 366 g/mol. The highest BCUT2D eigenvalue weighted by Gasteiger charge is 2.12. The minimum absolute atomic E-state index is 0.0449. The van der Waals surface area contributed by atoms with E-state index < -0.39 is 0 Å². The lowest BCUT2D eigenvalue weighted by atomic mass is 10.1. The molecule has 1 aromatic heterocycles. The third-order valence-corrected chi connectivity index (χ3v) is 4.62. The van der Waals surface area contributed by atoms with Crippen LogP contribution in [-0.2, 0) is 11.2 Å². The highest BCUT2D eigenvalue weighted by Crippen LogP contribution is 2.26. The van der Waals surface area contributed by atoms with Crippen molar-refractivity contribution in [3.8, 4) is 16.3 Å². The van der Waals surface area contributed by atoms with Crippen LogP contribution in [0.3, 0.4) is 0 Å². The van der Waals surface area contributed by atoms with Crippen LogP contribution in [-0.4, -0.2) is 17.0 Å². The summed E-state index contributed by atoms with van der Waals surface area (Å²) in [5, 5.41) is 5.79. The van der Waals surface area contributed by atoms with E-state index in [0.29, 0.717) is 11.4 Å². The van der Waals surface area contributed by atoms with Gasteiger partial charge in [-0.3, -0.25) is 4.79 Å². The number of aromatic nitrogens is 1. The normalized spacial score (nSPS) is 10.8. The van der Waals surface area contributed by atoms with E-state index in [4.69, 9.17) is 4.74 Å². The lowest BCUT2D eigenvalue weighted by Gasteiger charge is -2.14. The third kappa shape index (κ3) is 4.70. The van der Waals surface area contributed by atoms with E-state index in [1.54, 1.807) is 11.3 Å². The maximum atomic E-state index is 12.4. The van der Waals surface area contributed by atoms with Gasteiger partial charge in [-0.15, -0.1) is 11.3 Å². The van der Waals surface area contributed by atoms with Crippen LogP contribution in [0.4, 0.5) is 5.69 Å². The molecule has 4 nitrogen and oxygen atoms in total. The molecule has 0 aliphatic rings. The average molecular weight is 366 g/mol. The molecule has 0 saturated heterocycles. The van der Waals surface area contributed by atoms with Crippen LogP contribution in [0.1, 0.15) is 25.1 Å². The fourth-order valence-corrected chi connectivity index (χ4v) is 3.40. The van der Waals surface area contributed by atoms with Gasteiger partial charge in [-0.1, -0.05) is 35.9 Å². The summed E-state index contributed by atoms with van der Waals surface area (Å²) in [6.07, 6.45) is 0.279. The maximum Gasteiger partial charge on any atom is 0.230 e. The largest absolute Gasteiger partial charge is 0.489 e. The quantitative estimate of drug-likeness (QED) is 0.661. The number of thiazole rings is 1. The zero-order valence-electron chi connectivity index (χ0n) is 15.2. The van der Waals surface area contributed by atoms with Gasteiger partial charge in [-0.25, -0.2) is 4.98 Å². The van der Waals surface area contributed by atoms with Gasteiger partial charge in [-0.05, 0) is 39.0 Å². The summed E-state index contributed by atoms with van der Waals surface area (Å²) >= 11 is 1.56. The number of nitrogens with zero attached hydrogens (tertiary/aromatic N) is 1. The highest BCUT2D eigenvalue weighted by atomic mass is 32.1. The Hall–Kier alpha value is -2.66. The fourth-order valence-electron chi connectivity index (χ4n) is 2.58. The second-order valence-corrected chi connectivity index (χ2v) is 7.26. The van der Waals surface area contributed by atoms with E-state index in [0.717, 1.165) is 16.3 Å². The van der Waals surface area contributed by atoms with Crippen molar-refractivity contribution in [3.05, 3.63) is 65.2 Å². The number of amides is 1. The van der Waals surface area contributed by atoms with E-state index in [2.05, 4.69) is 29.4 Å². The molecule has 134 valence electrons. The standard InChI is InChI=1S/C21H22N2O2S/c1-14(2)25-19-10-5-4-9-18(19)23-20(24)12-17-13-26-21(22-17)16-8-6-7-15(3)11-16/h4-11,13-14H,12H2,1-3H3,(H,23,24). The Morgan fingerprint density at radius 2 is 2.00 bits per heavy atom. The van der Waals surface area contributed by atoms with E-state index in [-0.39, 0.29) is 18.4 Å². The molecular formula is C21H22N2O2S. The molecule has 0 unspecified atom stereocenters. The van der Waals surface area contributed by atoms with Gasteiger partial charge in [-0.2, -0.15) is 0 Å². The second kappa shape index (κ2) is 8.15. The van der Waals surface area contributed by atoms with Crippen LogP contribution in [0, 0.1) is 6.92 Å². The van der Waals surface area contributed by atoms with Gasteiger partial charge in [0.1, 0.15) is 10.8 Å². The molecule has 0 saturated carbocycles. The van der Waals surface area contributed by atoms with E-state index >= 15 is 0 Å². The van der Waals surface area contributed by atoms with Crippen molar-refractivity contribution in [1.29, 1.82) is 0 Å². The average Bonchev–Trinajstić information content (AvgIpc) is 3.04. The van der Waals surface area contributed by atoms with Crippen molar-refractivity contribution >= 4 is 22.9 Å². The smallest absolute Gasteiger partial charge is 0.230 e. The summed E-state index contributed by atoms with van der Waals surface area (Å²) in [5.74, 6) is 0.570. The molecule has 3 rings (SSSR count). The lowest BCUT2D eigenvalue weighted by Crippen LogP contribution is -2.16. The molecule has 0 aliphatic heterocycles. The Morgan fingerprint density at radius 1 is 1.19 bits per heavy atom. The summed E-state index contributed by atoms with van der Waals surface area (Å²) in [4.78, 5) is 17.0. The number of hydrogen-bond acceptors (Lipinski definition) is 4. The predicted molar refractivity (Wildman–Crippen MR) is 107 cm³/mol. The molecule has 3 aromatic rings. The van der Waals surface area contributed by atoms with Gasteiger partial charge in [0.05, 0.1) is 23.9 Å². The molecule has 0 aliphatic carbocycles. The van der Waals surface area contributed by atoms with Gasteiger partial charge in [0.15, 0.2) is 0 Å². The molecule has 1 amide bonds. The first kappa shape index (κ1) is 18.1. The van der Waals surface area contributed by atoms with Gasteiger partial charge < -0.3 is 10.1 Å². The van der Waals surface area contributed by atoms with Crippen LogP contribution < -0.4 is 10.1 Å². The summed E-state index contributed by atoms with van der Waals surface area (Å²) in [5.41, 5.74) is 3.72. The van der Waals surface area contributed by atoms with Crippen LogP contribution >= 0.6 is 11.3 Å². The van der Waals surface area contributed by atoms with Crippen LogP contribution in [0.5, 0.6) is 5.75 Å². The molecule has 5 heteroatoms. The van der Waals surface area contributed by atoms with Crippen LogP contribution in [0.15, 0.2) is 53.9 Å². The molecule has 0 atom stereocenters. The predicted octanol–water partition coefficient (Wildman–Crippen LogP) is 5.09. The topological polar surface area (TPSA) is 51.2 Å². The van der Waals surface area contributed by atoms with Crippen molar-refractivity contribution in [2.45, 2.75) is 33.3 Å². The first-order valence-corrected chi connectivity index (χ1v) is 9.46. The minimum atomic E-state index is -0.106. The zero-order valence-corrected chi connectivity index (χ0v) is 16.0. The molecule has 1 heterocycles. The van der Waals surface area contributed by atoms with E-state index in [9.17, 15) is 4.79 Å². The molecule has 0 radical (unpaired) electrons. The minimum Gasteiger partial charge on any atom is -0.489 e. The molecule has 1 N–H and O–H groups in total. The van der Waals surface area contributed by atoms with Crippen molar-refractivity contribution < 1.29 is 9.53 Å². The van der Waals surface area contributed by atoms with E-state index in [1.165, 1.54) is 5.56 Å². The summed E-state index contributed by atoms with van der Waals surface area (Å²) in [6.45, 7) is 5.98. The number of benzene rings is 2. The highest BCUT2D eigenvalue weighted by molar-refractivity contribution is 7.13. The second-order valence-electron chi connectivity index (χ2n) is 6.40. The number of carbonyl (C=O) groups is 1. The fraction of sp³-hybridized carbons (Fsp3) is 0.238. The number of para-hydroxylation sites is 2. The van der Waals surface area contributed by atoms with Crippen LogP contribution in [0.25, 0.3) is 10.6 Å².